The summed E-state index contributed by atoms with van der Waals surface area (Å²) >= 11 is 7.28. The molecule has 1 amide bonds. The van der Waals surface area contributed by atoms with Crippen molar-refractivity contribution in [3.63, 3.8) is 0 Å². The van der Waals surface area contributed by atoms with Crippen LogP contribution < -0.4 is 11.1 Å². The lowest BCUT2D eigenvalue weighted by Crippen LogP contribution is -2.10. The summed E-state index contributed by atoms with van der Waals surface area (Å²) in [6.45, 7) is 0. The monoisotopic (exact) mass is 321 g/mol. The molecule has 1 aromatic carbocycles. The van der Waals surface area contributed by atoms with E-state index in [0.717, 1.165) is 5.56 Å². The summed E-state index contributed by atoms with van der Waals surface area (Å²) in [5.74, 6) is -0.364. The summed E-state index contributed by atoms with van der Waals surface area (Å²) in [7, 11) is 0. The summed E-state index contributed by atoms with van der Waals surface area (Å²) in [5, 5.41) is 15.4. The Morgan fingerprint density at radius 1 is 1.33 bits per heavy atom. The minimum absolute atomic E-state index is 0.00185. The zero-order valence-corrected chi connectivity index (χ0v) is 12.0. The average molecular weight is 322 g/mol. The van der Waals surface area contributed by atoms with Crippen molar-refractivity contribution in [1.29, 1.82) is 0 Å². The minimum atomic E-state index is -0.499. The SMILES string of the molecule is Nc1cc(C(=O)Nc2nnc(-c3ccccc3Cl)s2)on1. The van der Waals surface area contributed by atoms with Gasteiger partial charge in [-0.05, 0) is 6.07 Å². The molecule has 3 rings (SSSR count). The molecule has 0 bridgehead atoms. The van der Waals surface area contributed by atoms with Gasteiger partial charge < -0.3 is 10.3 Å². The number of nitrogen functional groups attached to an aromatic ring is 1. The molecule has 0 fully saturated rings. The van der Waals surface area contributed by atoms with Gasteiger partial charge in [0.05, 0.1) is 5.02 Å². The predicted molar refractivity (Wildman–Crippen MR) is 79.2 cm³/mol. The van der Waals surface area contributed by atoms with E-state index in [1.807, 2.05) is 18.2 Å². The first-order valence-electron chi connectivity index (χ1n) is 5.75. The summed E-state index contributed by atoms with van der Waals surface area (Å²) in [6, 6.07) is 8.58. The number of nitrogens with one attached hydrogen (secondary N) is 1. The molecule has 21 heavy (non-hydrogen) atoms. The van der Waals surface area contributed by atoms with E-state index >= 15 is 0 Å². The standard InChI is InChI=1S/C12H8ClN5O2S/c13-7-4-2-1-3-6(7)11-16-17-12(21-11)15-10(19)8-5-9(14)18-20-8/h1-5H,(H2,14,18)(H,15,17,19). The number of amides is 1. The molecule has 0 atom stereocenters. The topological polar surface area (TPSA) is 107 Å². The second-order valence-corrected chi connectivity index (χ2v) is 5.35. The zero-order chi connectivity index (χ0) is 14.8. The van der Waals surface area contributed by atoms with E-state index in [9.17, 15) is 4.79 Å². The molecule has 0 spiro atoms. The molecule has 0 saturated heterocycles. The highest BCUT2D eigenvalue weighted by atomic mass is 35.5. The molecule has 106 valence electrons. The highest BCUT2D eigenvalue weighted by Gasteiger charge is 2.16. The van der Waals surface area contributed by atoms with E-state index in [1.165, 1.54) is 17.4 Å². The van der Waals surface area contributed by atoms with Crippen LogP contribution in [0.3, 0.4) is 0 Å². The van der Waals surface area contributed by atoms with E-state index in [0.29, 0.717) is 15.2 Å². The molecule has 0 saturated carbocycles. The Balaban J connectivity index is 1.80. The number of benzene rings is 1. The van der Waals surface area contributed by atoms with Gasteiger partial charge in [-0.2, -0.15) is 0 Å². The summed E-state index contributed by atoms with van der Waals surface area (Å²) < 4.78 is 4.76. The lowest BCUT2D eigenvalue weighted by Gasteiger charge is -1.97. The van der Waals surface area contributed by atoms with Crippen LogP contribution >= 0.6 is 22.9 Å². The third-order valence-corrected chi connectivity index (χ3v) is 3.70. The Morgan fingerprint density at radius 3 is 2.86 bits per heavy atom. The van der Waals surface area contributed by atoms with Crippen molar-refractivity contribution < 1.29 is 9.32 Å². The first-order valence-corrected chi connectivity index (χ1v) is 6.95. The number of anilines is 2. The number of hydrogen-bond donors (Lipinski definition) is 2. The van der Waals surface area contributed by atoms with Crippen LogP contribution in [0.5, 0.6) is 0 Å². The molecular formula is C12H8ClN5O2S. The van der Waals surface area contributed by atoms with Gasteiger partial charge in [0.15, 0.2) is 10.8 Å². The van der Waals surface area contributed by atoms with Crippen LogP contribution in [0, 0.1) is 0 Å². The highest BCUT2D eigenvalue weighted by molar-refractivity contribution is 7.18. The number of nitrogens with two attached hydrogens (primary N) is 1. The second kappa shape index (κ2) is 5.51. The van der Waals surface area contributed by atoms with Gasteiger partial charge in [-0.15, -0.1) is 10.2 Å². The van der Waals surface area contributed by atoms with E-state index < -0.39 is 5.91 Å². The number of aromatic nitrogens is 3. The van der Waals surface area contributed by atoms with Gasteiger partial charge in [-0.3, -0.25) is 10.1 Å². The molecule has 9 heteroatoms. The van der Waals surface area contributed by atoms with Gasteiger partial charge in [-0.25, -0.2) is 0 Å². The number of rotatable bonds is 3. The van der Waals surface area contributed by atoms with Gasteiger partial charge >= 0.3 is 0 Å². The van der Waals surface area contributed by atoms with Gasteiger partial charge in [0.25, 0.3) is 5.91 Å². The molecule has 0 radical (unpaired) electrons. The van der Waals surface area contributed by atoms with Crippen molar-refractivity contribution in [2.75, 3.05) is 11.1 Å². The minimum Gasteiger partial charge on any atom is -0.381 e. The second-order valence-electron chi connectivity index (χ2n) is 3.96. The fourth-order valence-electron chi connectivity index (χ4n) is 1.57. The lowest BCUT2D eigenvalue weighted by atomic mass is 10.2. The van der Waals surface area contributed by atoms with E-state index in [4.69, 9.17) is 21.9 Å². The molecule has 7 nitrogen and oxygen atoms in total. The quantitative estimate of drug-likeness (QED) is 0.768. The van der Waals surface area contributed by atoms with Crippen molar-refractivity contribution in [3.8, 4) is 10.6 Å². The molecule has 0 aliphatic carbocycles. The largest absolute Gasteiger partial charge is 0.381 e. The molecule has 2 aromatic heterocycles. The first-order chi connectivity index (χ1) is 10.1. The van der Waals surface area contributed by atoms with Crippen LogP contribution in [0.2, 0.25) is 5.02 Å². The van der Waals surface area contributed by atoms with Crippen molar-refractivity contribution in [2.24, 2.45) is 0 Å². The van der Waals surface area contributed by atoms with E-state index in [2.05, 4.69) is 20.7 Å². The maximum Gasteiger partial charge on any atom is 0.296 e. The van der Waals surface area contributed by atoms with Gasteiger partial charge in [0, 0.05) is 11.6 Å². The number of nitrogens with zero attached hydrogens (tertiary/aromatic N) is 3. The van der Waals surface area contributed by atoms with E-state index in [-0.39, 0.29) is 11.6 Å². The Bertz CT molecular complexity index is 800. The normalized spacial score (nSPS) is 10.5. The van der Waals surface area contributed by atoms with Crippen LogP contribution in [-0.4, -0.2) is 21.3 Å². The maximum absolute atomic E-state index is 11.9. The molecule has 3 N–H and O–H groups in total. The summed E-state index contributed by atoms with van der Waals surface area (Å²) in [4.78, 5) is 11.9. The van der Waals surface area contributed by atoms with Crippen LogP contribution in [0.1, 0.15) is 10.6 Å². The number of halogens is 1. The Hall–Kier alpha value is -2.45. The third-order valence-electron chi connectivity index (χ3n) is 2.50. The van der Waals surface area contributed by atoms with Crippen molar-refractivity contribution in [1.82, 2.24) is 15.4 Å². The summed E-state index contributed by atoms with van der Waals surface area (Å²) in [6.07, 6.45) is 0. The lowest BCUT2D eigenvalue weighted by molar-refractivity contribution is 0.0988. The van der Waals surface area contributed by atoms with Crippen molar-refractivity contribution in [2.45, 2.75) is 0 Å². The average Bonchev–Trinajstić information content (AvgIpc) is 3.08. The summed E-state index contributed by atoms with van der Waals surface area (Å²) in [5.41, 5.74) is 6.13. The van der Waals surface area contributed by atoms with Crippen LogP contribution in [0.25, 0.3) is 10.6 Å². The van der Waals surface area contributed by atoms with Crippen LogP contribution in [0.4, 0.5) is 10.9 Å². The van der Waals surface area contributed by atoms with E-state index in [1.54, 1.807) is 6.07 Å². The van der Waals surface area contributed by atoms with Gasteiger partial charge in [-0.1, -0.05) is 46.3 Å². The highest BCUT2D eigenvalue weighted by Crippen LogP contribution is 2.31. The molecule has 2 heterocycles. The molecule has 0 aliphatic rings. The van der Waals surface area contributed by atoms with Gasteiger partial charge in [0.2, 0.25) is 10.9 Å². The van der Waals surface area contributed by atoms with Crippen LogP contribution in [0.15, 0.2) is 34.9 Å². The molecule has 0 aliphatic heterocycles. The molecule has 3 aromatic rings. The first kappa shape index (κ1) is 13.5. The molecule has 0 unspecified atom stereocenters. The number of carbonyl (C=O) groups is 1. The van der Waals surface area contributed by atoms with Gasteiger partial charge in [0.1, 0.15) is 0 Å². The van der Waals surface area contributed by atoms with Crippen molar-refractivity contribution in [3.05, 3.63) is 41.1 Å². The Kier molecular flexibility index (Phi) is 3.55. The Labute approximate surface area is 127 Å². The number of carbonyl (C=O) groups excluding carboxylic acids is 1. The third kappa shape index (κ3) is 2.86. The van der Waals surface area contributed by atoms with Crippen molar-refractivity contribution >= 4 is 39.8 Å². The maximum atomic E-state index is 11.9. The zero-order valence-electron chi connectivity index (χ0n) is 10.4. The molecular weight excluding hydrogens is 314 g/mol. The fourth-order valence-corrected chi connectivity index (χ4v) is 2.63. The fraction of sp³-hybridized carbons (Fsp3) is 0. The predicted octanol–water partition coefficient (Wildman–Crippen LogP) is 2.68. The number of hydrogen-bond acceptors (Lipinski definition) is 7. The smallest absolute Gasteiger partial charge is 0.296 e. The Morgan fingerprint density at radius 2 is 2.14 bits per heavy atom. The van der Waals surface area contributed by atoms with Crippen LogP contribution in [-0.2, 0) is 0 Å².